The van der Waals surface area contributed by atoms with Gasteiger partial charge < -0.3 is 4.90 Å². The molecule has 1 aliphatic carbocycles. The minimum Gasteiger partial charge on any atom is -0.367 e. The molecule has 0 spiro atoms. The van der Waals surface area contributed by atoms with Crippen molar-refractivity contribution in [3.8, 4) is 0 Å². The summed E-state index contributed by atoms with van der Waals surface area (Å²) in [6.45, 7) is 6.32. The Hall–Kier alpha value is -4.65. The Bertz CT molecular complexity index is 2210. The van der Waals surface area contributed by atoms with Crippen molar-refractivity contribution in [2.75, 3.05) is 24.5 Å². The molecule has 0 bridgehead atoms. The second kappa shape index (κ2) is 16.6. The lowest BCUT2D eigenvalue weighted by atomic mass is 9.90. The van der Waals surface area contributed by atoms with E-state index in [1.54, 1.807) is 0 Å². The Balaban J connectivity index is 1.63. The van der Waals surface area contributed by atoms with Gasteiger partial charge in [-0.25, -0.2) is 17.7 Å². The molecule has 0 saturated carbocycles. The monoisotopic (exact) mass is 744 g/mol. The second-order valence-electron chi connectivity index (χ2n) is 11.8. The van der Waals surface area contributed by atoms with E-state index in [-0.39, 0.29) is 5.56 Å². The van der Waals surface area contributed by atoms with Gasteiger partial charge in [0.2, 0.25) is 15.3 Å². The summed E-state index contributed by atoms with van der Waals surface area (Å²) in [5.41, 5.74) is 6.06. The molecule has 264 valence electrons. The lowest BCUT2D eigenvalue weighted by molar-refractivity contribution is -0.539. The van der Waals surface area contributed by atoms with E-state index in [0.717, 1.165) is 41.7 Å². The molecule has 0 unspecified atom stereocenters. The van der Waals surface area contributed by atoms with Crippen LogP contribution < -0.4 is 9.62 Å². The van der Waals surface area contributed by atoms with Crippen molar-refractivity contribution in [2.45, 2.75) is 36.7 Å². The van der Waals surface area contributed by atoms with Crippen LogP contribution >= 0.6 is 11.6 Å². The number of hydrogen-bond donors (Lipinski definition) is 2. The van der Waals surface area contributed by atoms with Crippen LogP contribution in [-0.4, -0.2) is 56.6 Å². The van der Waals surface area contributed by atoms with E-state index in [1.807, 2.05) is 89.7 Å². The summed E-state index contributed by atoms with van der Waals surface area (Å²) in [5, 5.41) is -0.941. The highest BCUT2D eigenvalue weighted by molar-refractivity contribution is 7.89. The van der Waals surface area contributed by atoms with Crippen LogP contribution in [0.4, 0.5) is 5.69 Å². The van der Waals surface area contributed by atoms with Crippen molar-refractivity contribution in [2.24, 2.45) is 0 Å². The minimum atomic E-state index is -4.95. The zero-order chi connectivity index (χ0) is 36.6. The maximum atomic E-state index is 12.9. The van der Waals surface area contributed by atoms with Crippen molar-refractivity contribution in [1.82, 2.24) is 4.72 Å². The summed E-state index contributed by atoms with van der Waals surface area (Å²) in [7, 11) is -9.30. The Morgan fingerprint density at radius 3 is 1.96 bits per heavy atom. The van der Waals surface area contributed by atoms with Crippen LogP contribution in [0.25, 0.3) is 5.57 Å². The maximum Gasteiger partial charge on any atom is 0.295 e. The molecule has 0 aliphatic heterocycles. The van der Waals surface area contributed by atoms with Crippen LogP contribution in [0, 0.1) is 0 Å². The summed E-state index contributed by atoms with van der Waals surface area (Å²) in [4.78, 5) is 12.4. The highest BCUT2D eigenvalue weighted by atomic mass is 35.5. The second-order valence-corrected chi connectivity index (χ2v) is 15.4. The fraction of sp³-hybridized carbons (Fsp3) is 0.179. The van der Waals surface area contributed by atoms with E-state index in [9.17, 15) is 26.2 Å². The number of rotatable bonds is 14. The molecular formula is C39H39ClN3O6S2+. The molecule has 4 aromatic rings. The molecule has 0 fully saturated rings. The van der Waals surface area contributed by atoms with Crippen LogP contribution in [0.2, 0.25) is 0 Å². The first kappa shape index (κ1) is 37.6. The lowest BCUT2D eigenvalue weighted by Gasteiger charge is -2.24. The standard InChI is InChI=1S/C39H38ClN3O6S2/c1-3-42(27-29-11-7-5-8-12-29)33-19-15-31(16-20-33)39(32-17-21-34(22-18-32)43(4-2)28-30-13-9-6-10-14-30)36-24-23-35(25-37(36)51(47,48)49)50(45,46)41-26-38(40)44/h5-25,41H,3-4,26-28H2,1-2H3/p+1. The molecule has 0 aromatic heterocycles. The maximum absolute atomic E-state index is 12.9. The highest BCUT2D eigenvalue weighted by Crippen LogP contribution is 2.36. The summed E-state index contributed by atoms with van der Waals surface area (Å²) >= 11 is 5.33. The Morgan fingerprint density at radius 2 is 1.41 bits per heavy atom. The molecule has 0 saturated heterocycles. The van der Waals surface area contributed by atoms with E-state index in [4.69, 9.17) is 11.6 Å². The normalized spacial score (nSPS) is 12.9. The largest absolute Gasteiger partial charge is 0.367 e. The van der Waals surface area contributed by atoms with Gasteiger partial charge in [-0.2, -0.15) is 8.42 Å². The number of nitrogens with one attached hydrogen (secondary N) is 1. The van der Waals surface area contributed by atoms with E-state index in [0.29, 0.717) is 29.8 Å². The van der Waals surface area contributed by atoms with Gasteiger partial charge in [-0.1, -0.05) is 78.9 Å². The van der Waals surface area contributed by atoms with Crippen LogP contribution in [0.15, 0.2) is 143 Å². The predicted octanol–water partition coefficient (Wildman–Crippen LogP) is 6.61. The molecule has 4 aromatic carbocycles. The number of carbonyl (C=O) groups is 1. The molecule has 0 amide bonds. The zero-order valence-corrected chi connectivity index (χ0v) is 30.6. The summed E-state index contributed by atoms with van der Waals surface area (Å²) < 4.78 is 66.4. The molecule has 0 radical (unpaired) electrons. The highest BCUT2D eigenvalue weighted by Gasteiger charge is 2.26. The number of carbonyl (C=O) groups excluding carboxylic acids is 1. The zero-order valence-electron chi connectivity index (χ0n) is 28.2. The summed E-state index contributed by atoms with van der Waals surface area (Å²) in [6.07, 6.45) is 7.67. The summed E-state index contributed by atoms with van der Waals surface area (Å²) in [6, 6.07) is 31.3. The molecule has 0 atom stereocenters. The number of anilines is 1. The van der Waals surface area contributed by atoms with Gasteiger partial charge in [-0.05, 0) is 84.1 Å². The van der Waals surface area contributed by atoms with E-state index < -0.39 is 41.7 Å². The fourth-order valence-electron chi connectivity index (χ4n) is 5.86. The molecule has 2 N–H and O–H groups in total. The predicted molar refractivity (Wildman–Crippen MR) is 202 cm³/mol. The van der Waals surface area contributed by atoms with Crippen LogP contribution in [-0.2, 0) is 38.0 Å². The number of benzene rings is 4. The number of nitrogens with zero attached hydrogens (tertiary/aromatic N) is 2. The Labute approximate surface area is 304 Å². The molecule has 1 aliphatic rings. The smallest absolute Gasteiger partial charge is 0.295 e. The lowest BCUT2D eigenvalue weighted by Crippen LogP contribution is -2.28. The van der Waals surface area contributed by atoms with Crippen molar-refractivity contribution >= 4 is 54.0 Å². The van der Waals surface area contributed by atoms with Gasteiger partial charge in [0, 0.05) is 42.1 Å². The number of sulfonamides is 1. The van der Waals surface area contributed by atoms with Crippen LogP contribution in [0.1, 0.15) is 36.1 Å². The third-order valence-corrected chi connectivity index (χ3v) is 10.9. The van der Waals surface area contributed by atoms with Crippen molar-refractivity contribution in [3.05, 3.63) is 155 Å². The average Bonchev–Trinajstić information content (AvgIpc) is 3.13. The van der Waals surface area contributed by atoms with E-state index in [2.05, 4.69) is 47.6 Å². The SMILES string of the molecule is CCN(Cc1ccccc1)c1ccc(C(=C2C=CC(=[N+](CC)Cc3ccccc3)C=C2)c2ccc(S(=O)(=O)NCC(=O)Cl)cc2S(=O)(=O)O)cc1. The quantitative estimate of drug-likeness (QED) is 0.0847. The molecule has 5 rings (SSSR count). The molecular weight excluding hydrogens is 706 g/mol. The average molecular weight is 745 g/mol. The van der Waals surface area contributed by atoms with E-state index in [1.165, 1.54) is 12.1 Å². The Morgan fingerprint density at radius 1 is 0.804 bits per heavy atom. The van der Waals surface area contributed by atoms with Crippen LogP contribution in [0.5, 0.6) is 0 Å². The topological polar surface area (TPSA) is 124 Å². The van der Waals surface area contributed by atoms with Gasteiger partial charge in [-0.15, -0.1) is 0 Å². The van der Waals surface area contributed by atoms with Gasteiger partial charge in [0.25, 0.3) is 10.1 Å². The van der Waals surface area contributed by atoms with Gasteiger partial charge in [0.15, 0.2) is 12.3 Å². The van der Waals surface area contributed by atoms with Gasteiger partial charge in [-0.3, -0.25) is 9.35 Å². The molecule has 0 heterocycles. The Kier molecular flexibility index (Phi) is 12.2. The first-order valence-electron chi connectivity index (χ1n) is 16.3. The van der Waals surface area contributed by atoms with Gasteiger partial charge >= 0.3 is 0 Å². The first-order valence-corrected chi connectivity index (χ1v) is 19.6. The molecule has 12 heteroatoms. The number of hydrogen-bond acceptors (Lipinski definition) is 6. The van der Waals surface area contributed by atoms with Crippen molar-refractivity contribution in [1.29, 1.82) is 0 Å². The first-order chi connectivity index (χ1) is 24.4. The van der Waals surface area contributed by atoms with Crippen LogP contribution in [0.3, 0.4) is 0 Å². The van der Waals surface area contributed by atoms with E-state index >= 15 is 0 Å². The number of halogens is 1. The van der Waals surface area contributed by atoms with Crippen molar-refractivity contribution < 1.29 is 30.8 Å². The molecule has 9 nitrogen and oxygen atoms in total. The third-order valence-electron chi connectivity index (χ3n) is 8.45. The minimum absolute atomic E-state index is 0.0960. The summed E-state index contributed by atoms with van der Waals surface area (Å²) in [5.74, 6) is 0. The van der Waals surface area contributed by atoms with Crippen molar-refractivity contribution in [3.63, 3.8) is 0 Å². The number of allylic oxidation sites excluding steroid dienone is 5. The van der Waals surface area contributed by atoms with Gasteiger partial charge in [0.1, 0.15) is 11.4 Å². The fourth-order valence-corrected chi connectivity index (χ4v) is 7.81. The molecule has 51 heavy (non-hydrogen) atoms. The van der Waals surface area contributed by atoms with Gasteiger partial charge in [0.05, 0.1) is 11.4 Å². The third kappa shape index (κ3) is 9.57.